The Morgan fingerprint density at radius 2 is 1.17 bits per heavy atom. The van der Waals surface area contributed by atoms with E-state index in [1.807, 2.05) is 34.0 Å². The zero-order valence-electron chi connectivity index (χ0n) is 19.3. The van der Waals surface area contributed by atoms with Crippen molar-refractivity contribution in [3.63, 3.8) is 0 Å². The lowest BCUT2D eigenvalue weighted by Crippen LogP contribution is -2.29. The van der Waals surface area contributed by atoms with Gasteiger partial charge < -0.3 is 4.90 Å². The molecule has 0 N–H and O–H groups in total. The molecular formula is C31H25NS3. The molecule has 1 aliphatic heterocycles. The van der Waals surface area contributed by atoms with Gasteiger partial charge in [-0.3, -0.25) is 0 Å². The van der Waals surface area contributed by atoms with E-state index < -0.39 is 0 Å². The topological polar surface area (TPSA) is 3.24 Å². The highest BCUT2D eigenvalue weighted by atomic mass is 32.1. The fourth-order valence-electron chi connectivity index (χ4n) is 5.89. The molecule has 4 heteroatoms. The summed E-state index contributed by atoms with van der Waals surface area (Å²) in [6.45, 7) is 0. The van der Waals surface area contributed by atoms with Gasteiger partial charge in [-0.2, -0.15) is 0 Å². The van der Waals surface area contributed by atoms with Crippen molar-refractivity contribution in [2.45, 2.75) is 31.6 Å². The van der Waals surface area contributed by atoms with Crippen molar-refractivity contribution in [3.8, 4) is 0 Å². The number of benzene rings is 1. The van der Waals surface area contributed by atoms with Crippen LogP contribution in [0.3, 0.4) is 0 Å². The van der Waals surface area contributed by atoms with Crippen molar-refractivity contribution < 1.29 is 0 Å². The van der Waals surface area contributed by atoms with Crippen LogP contribution in [0.15, 0.2) is 117 Å². The summed E-state index contributed by atoms with van der Waals surface area (Å²) in [4.78, 5) is 6.80. The summed E-state index contributed by atoms with van der Waals surface area (Å²) in [6, 6.07) is 24.4. The first-order chi connectivity index (χ1) is 17.4. The third kappa shape index (κ3) is 3.72. The van der Waals surface area contributed by atoms with E-state index in [9.17, 15) is 0 Å². The first-order valence-corrected chi connectivity index (χ1v) is 14.8. The molecule has 0 spiro atoms. The van der Waals surface area contributed by atoms with Crippen molar-refractivity contribution >= 4 is 51.8 Å². The zero-order chi connectivity index (χ0) is 23.2. The fourth-order valence-corrected chi connectivity index (χ4v) is 8.14. The summed E-state index contributed by atoms with van der Waals surface area (Å²) >= 11 is 5.58. The SMILES string of the molecule is C(=C1/CCC2=C1N(c1ccccc1)C1=C(CC/C1=C\c1cccs1)C2c1cccs1)/c1cccs1. The van der Waals surface area contributed by atoms with Gasteiger partial charge >= 0.3 is 0 Å². The van der Waals surface area contributed by atoms with Crippen LogP contribution in [-0.4, -0.2) is 0 Å². The summed E-state index contributed by atoms with van der Waals surface area (Å²) in [5, 5.41) is 6.61. The summed E-state index contributed by atoms with van der Waals surface area (Å²) in [7, 11) is 0. The molecule has 1 nitrogen and oxygen atoms in total. The van der Waals surface area contributed by atoms with Gasteiger partial charge in [-0.15, -0.1) is 34.0 Å². The van der Waals surface area contributed by atoms with Crippen molar-refractivity contribution in [1.29, 1.82) is 0 Å². The minimum absolute atomic E-state index is 0.406. The lowest BCUT2D eigenvalue weighted by molar-refractivity contribution is 0.800. The number of nitrogens with zero attached hydrogens (tertiary/aromatic N) is 1. The van der Waals surface area contributed by atoms with E-state index in [1.165, 1.54) is 42.9 Å². The fraction of sp³-hybridized carbons (Fsp3) is 0.161. The third-order valence-corrected chi connectivity index (χ3v) is 9.83. The standard InChI is InChI=1S/C31H25NS3/c1-2-7-23(8-3-1)32-30-21(19-24-9-4-16-33-24)12-14-26(30)29(28-11-6-18-35-28)27-15-13-22(31(27)32)20-25-10-5-17-34-25/h1-11,16-20,29H,12-15H2/b21-19+,22-20+. The highest BCUT2D eigenvalue weighted by molar-refractivity contribution is 7.11. The Morgan fingerprint density at radius 1 is 0.600 bits per heavy atom. The Kier molecular flexibility index (Phi) is 5.46. The molecule has 4 heterocycles. The highest BCUT2D eigenvalue weighted by Crippen LogP contribution is 2.57. The number of rotatable bonds is 4. The van der Waals surface area contributed by atoms with Crippen molar-refractivity contribution in [2.24, 2.45) is 0 Å². The molecule has 0 atom stereocenters. The summed E-state index contributed by atoms with van der Waals surface area (Å²) in [5.41, 5.74) is 10.3. The normalized spacial score (nSPS) is 20.4. The van der Waals surface area contributed by atoms with Gasteiger partial charge in [0.1, 0.15) is 0 Å². The van der Waals surface area contributed by atoms with Crippen LogP contribution in [0.25, 0.3) is 12.2 Å². The van der Waals surface area contributed by atoms with Gasteiger partial charge in [0.2, 0.25) is 0 Å². The maximum Gasteiger partial charge on any atom is 0.0496 e. The van der Waals surface area contributed by atoms with Gasteiger partial charge in [0.25, 0.3) is 0 Å². The second-order valence-electron chi connectivity index (χ2n) is 9.24. The van der Waals surface area contributed by atoms with Gasteiger partial charge in [-0.1, -0.05) is 36.4 Å². The van der Waals surface area contributed by atoms with Crippen LogP contribution in [0.5, 0.6) is 0 Å². The van der Waals surface area contributed by atoms with E-state index in [1.54, 1.807) is 11.1 Å². The van der Waals surface area contributed by atoms with Gasteiger partial charge in [-0.05, 0) is 107 Å². The number of hydrogen-bond acceptors (Lipinski definition) is 4. The molecule has 172 valence electrons. The van der Waals surface area contributed by atoms with Crippen LogP contribution in [-0.2, 0) is 0 Å². The zero-order valence-corrected chi connectivity index (χ0v) is 21.8. The summed E-state index contributed by atoms with van der Waals surface area (Å²) in [5.74, 6) is 0.406. The first kappa shape index (κ1) is 21.4. The number of hydrogen-bond donors (Lipinski definition) is 0. The average molecular weight is 508 g/mol. The Labute approximate surface area is 218 Å². The van der Waals surface area contributed by atoms with Crippen molar-refractivity contribution in [3.05, 3.63) is 131 Å². The monoisotopic (exact) mass is 507 g/mol. The molecule has 4 aromatic rings. The Hall–Kier alpha value is -2.92. The van der Waals surface area contributed by atoms with Gasteiger partial charge in [0, 0.05) is 37.6 Å². The molecule has 35 heavy (non-hydrogen) atoms. The molecule has 3 aliphatic rings. The number of para-hydroxylation sites is 1. The molecule has 3 aromatic heterocycles. The Balaban J connectivity index is 1.48. The smallest absolute Gasteiger partial charge is 0.0496 e. The molecule has 0 saturated carbocycles. The van der Waals surface area contributed by atoms with Crippen LogP contribution < -0.4 is 4.90 Å². The molecule has 7 rings (SSSR count). The summed E-state index contributed by atoms with van der Waals surface area (Å²) < 4.78 is 0. The van der Waals surface area contributed by atoms with Crippen molar-refractivity contribution in [1.82, 2.24) is 0 Å². The summed E-state index contributed by atoms with van der Waals surface area (Å²) in [6.07, 6.45) is 9.38. The number of anilines is 1. The molecule has 0 bridgehead atoms. The molecule has 0 unspecified atom stereocenters. The van der Waals surface area contributed by atoms with Crippen LogP contribution in [0, 0.1) is 0 Å². The van der Waals surface area contributed by atoms with E-state index in [2.05, 4.69) is 99.9 Å². The molecule has 0 amide bonds. The van der Waals surface area contributed by atoms with Crippen LogP contribution >= 0.6 is 34.0 Å². The lowest BCUT2D eigenvalue weighted by Gasteiger charge is -2.38. The predicted molar refractivity (Wildman–Crippen MR) is 153 cm³/mol. The minimum atomic E-state index is 0.406. The van der Waals surface area contributed by atoms with E-state index >= 15 is 0 Å². The van der Waals surface area contributed by atoms with Crippen LogP contribution in [0.4, 0.5) is 5.69 Å². The maximum absolute atomic E-state index is 2.62. The highest BCUT2D eigenvalue weighted by Gasteiger charge is 2.43. The van der Waals surface area contributed by atoms with E-state index in [4.69, 9.17) is 0 Å². The Morgan fingerprint density at radius 3 is 1.69 bits per heavy atom. The van der Waals surface area contributed by atoms with Gasteiger partial charge in [-0.25, -0.2) is 0 Å². The average Bonchev–Trinajstić information content (AvgIpc) is 3.71. The Bertz CT molecular complexity index is 1390. The molecular weight excluding hydrogens is 483 g/mol. The molecule has 0 fully saturated rings. The van der Waals surface area contributed by atoms with Gasteiger partial charge in [0.05, 0.1) is 0 Å². The second-order valence-corrected chi connectivity index (χ2v) is 12.2. The predicted octanol–water partition coefficient (Wildman–Crippen LogP) is 9.74. The van der Waals surface area contributed by atoms with E-state index in [0.29, 0.717) is 5.92 Å². The van der Waals surface area contributed by atoms with Gasteiger partial charge in [0.15, 0.2) is 0 Å². The molecule has 1 aromatic carbocycles. The van der Waals surface area contributed by atoms with E-state index in [0.717, 1.165) is 25.7 Å². The lowest BCUT2D eigenvalue weighted by atomic mass is 9.84. The maximum atomic E-state index is 2.62. The third-order valence-electron chi connectivity index (χ3n) is 7.25. The largest absolute Gasteiger partial charge is 0.310 e. The van der Waals surface area contributed by atoms with Crippen LogP contribution in [0.2, 0.25) is 0 Å². The molecule has 2 aliphatic carbocycles. The molecule has 0 radical (unpaired) electrons. The minimum Gasteiger partial charge on any atom is -0.310 e. The van der Waals surface area contributed by atoms with E-state index in [-0.39, 0.29) is 0 Å². The number of allylic oxidation sites excluding steroid dienone is 4. The first-order valence-electron chi connectivity index (χ1n) is 12.2. The van der Waals surface area contributed by atoms with Crippen molar-refractivity contribution in [2.75, 3.05) is 4.90 Å². The second kappa shape index (κ2) is 8.94. The van der Waals surface area contributed by atoms with Crippen LogP contribution in [0.1, 0.15) is 46.2 Å². The number of thiophene rings is 3. The quantitative estimate of drug-likeness (QED) is 0.266. The molecule has 0 saturated heterocycles.